The Labute approximate surface area is 182 Å². The zero-order valence-corrected chi connectivity index (χ0v) is 17.7. The number of carbonyl (C=O) groups is 1. The molecular formula is C21H17ClF2N2O4S. The van der Waals surface area contributed by atoms with Crippen molar-refractivity contribution in [2.24, 2.45) is 0 Å². The van der Waals surface area contributed by atoms with E-state index in [1.807, 2.05) is 0 Å². The summed E-state index contributed by atoms with van der Waals surface area (Å²) in [5, 5.41) is 2.69. The summed E-state index contributed by atoms with van der Waals surface area (Å²) in [6.45, 7) is 1.13. The molecule has 2 N–H and O–H groups in total. The summed E-state index contributed by atoms with van der Waals surface area (Å²) in [7, 11) is -3.85. The molecule has 0 saturated heterocycles. The molecule has 0 spiro atoms. The van der Waals surface area contributed by atoms with Gasteiger partial charge >= 0.3 is 0 Å². The third kappa shape index (κ3) is 5.93. The van der Waals surface area contributed by atoms with E-state index in [2.05, 4.69) is 10.0 Å². The quantitative estimate of drug-likeness (QED) is 0.526. The Morgan fingerprint density at radius 3 is 2.42 bits per heavy atom. The molecule has 3 aromatic carbocycles. The summed E-state index contributed by atoms with van der Waals surface area (Å²) in [5.41, 5.74) is 0.507. The van der Waals surface area contributed by atoms with Gasteiger partial charge in [-0.05, 0) is 67.1 Å². The van der Waals surface area contributed by atoms with Gasteiger partial charge in [0.1, 0.15) is 17.4 Å². The van der Waals surface area contributed by atoms with E-state index in [9.17, 15) is 22.0 Å². The van der Waals surface area contributed by atoms with Gasteiger partial charge in [-0.15, -0.1) is 0 Å². The van der Waals surface area contributed by atoms with E-state index in [0.29, 0.717) is 16.3 Å². The largest absolute Gasteiger partial charge is 0.483 e. The van der Waals surface area contributed by atoms with Crippen LogP contribution in [-0.2, 0) is 14.8 Å². The first kappa shape index (κ1) is 22.5. The van der Waals surface area contributed by atoms with Crippen molar-refractivity contribution in [3.8, 4) is 5.75 Å². The van der Waals surface area contributed by atoms with Crippen molar-refractivity contribution in [2.75, 3.05) is 16.6 Å². The molecular weight excluding hydrogens is 450 g/mol. The predicted molar refractivity (Wildman–Crippen MR) is 114 cm³/mol. The summed E-state index contributed by atoms with van der Waals surface area (Å²) in [4.78, 5) is 12.0. The number of benzene rings is 3. The highest BCUT2D eigenvalue weighted by Crippen LogP contribution is 2.24. The highest BCUT2D eigenvalue weighted by Gasteiger charge is 2.16. The third-order valence-corrected chi connectivity index (χ3v) is 5.75. The van der Waals surface area contributed by atoms with Crippen molar-refractivity contribution in [3.63, 3.8) is 0 Å². The molecule has 3 aromatic rings. The summed E-state index contributed by atoms with van der Waals surface area (Å²) < 4.78 is 59.7. The van der Waals surface area contributed by atoms with E-state index in [4.69, 9.17) is 16.3 Å². The van der Waals surface area contributed by atoms with Crippen LogP contribution in [0.15, 0.2) is 65.6 Å². The smallest absolute Gasteiger partial charge is 0.262 e. The number of nitrogens with one attached hydrogen (secondary N) is 2. The van der Waals surface area contributed by atoms with Crippen LogP contribution in [0, 0.1) is 18.6 Å². The van der Waals surface area contributed by atoms with Crippen LogP contribution in [0.2, 0.25) is 5.02 Å². The van der Waals surface area contributed by atoms with E-state index in [1.165, 1.54) is 30.3 Å². The Morgan fingerprint density at radius 1 is 1.03 bits per heavy atom. The van der Waals surface area contributed by atoms with Crippen molar-refractivity contribution < 1.29 is 26.7 Å². The van der Waals surface area contributed by atoms with Gasteiger partial charge in [-0.1, -0.05) is 11.6 Å². The lowest BCUT2D eigenvalue weighted by molar-refractivity contribution is -0.118. The van der Waals surface area contributed by atoms with Gasteiger partial charge in [0.15, 0.2) is 6.61 Å². The van der Waals surface area contributed by atoms with Crippen LogP contribution < -0.4 is 14.8 Å². The predicted octanol–water partition coefficient (Wildman–Crippen LogP) is 4.74. The summed E-state index contributed by atoms with van der Waals surface area (Å²) in [6.07, 6.45) is 0. The van der Waals surface area contributed by atoms with Gasteiger partial charge in [0, 0.05) is 16.8 Å². The number of hydrogen-bond donors (Lipinski definition) is 2. The Kier molecular flexibility index (Phi) is 6.77. The zero-order valence-electron chi connectivity index (χ0n) is 16.2. The van der Waals surface area contributed by atoms with Gasteiger partial charge < -0.3 is 10.1 Å². The lowest BCUT2D eigenvalue weighted by atomic mass is 10.2. The van der Waals surface area contributed by atoms with E-state index in [-0.39, 0.29) is 16.3 Å². The number of amides is 1. The molecule has 1 amide bonds. The average Bonchev–Trinajstić information content (AvgIpc) is 2.71. The van der Waals surface area contributed by atoms with Crippen LogP contribution in [0.1, 0.15) is 5.56 Å². The minimum absolute atomic E-state index is 0.00131. The number of halogens is 3. The first-order valence-electron chi connectivity index (χ1n) is 8.91. The molecule has 0 aliphatic carbocycles. The SMILES string of the molecule is Cc1cc(S(=O)(=O)Nc2ccc(Cl)cc2)ccc1OCC(=O)Nc1cc(F)ccc1F. The van der Waals surface area contributed by atoms with Crippen LogP contribution in [-0.4, -0.2) is 20.9 Å². The number of sulfonamides is 1. The number of hydrogen-bond acceptors (Lipinski definition) is 4. The highest BCUT2D eigenvalue weighted by atomic mass is 35.5. The van der Waals surface area contributed by atoms with Crippen molar-refractivity contribution in [3.05, 3.63) is 82.9 Å². The van der Waals surface area contributed by atoms with E-state index >= 15 is 0 Å². The molecule has 0 aliphatic heterocycles. The fourth-order valence-electron chi connectivity index (χ4n) is 2.61. The maximum atomic E-state index is 13.6. The van der Waals surface area contributed by atoms with E-state index in [0.717, 1.165) is 18.2 Å². The molecule has 0 bridgehead atoms. The molecule has 0 radical (unpaired) electrons. The molecule has 31 heavy (non-hydrogen) atoms. The minimum atomic E-state index is -3.85. The monoisotopic (exact) mass is 466 g/mol. The average molecular weight is 467 g/mol. The van der Waals surface area contributed by atoms with Crippen LogP contribution >= 0.6 is 11.6 Å². The standard InChI is InChI=1S/C21H17ClF2N2O4S/c1-13-10-17(31(28,29)26-16-5-2-14(22)3-6-16)7-9-20(13)30-12-21(27)25-19-11-15(23)4-8-18(19)24/h2-11,26H,12H2,1H3,(H,25,27). The maximum absolute atomic E-state index is 13.6. The van der Waals surface area contributed by atoms with E-state index in [1.54, 1.807) is 19.1 Å². The molecule has 0 atom stereocenters. The second-order valence-electron chi connectivity index (χ2n) is 6.50. The molecule has 0 heterocycles. The summed E-state index contributed by atoms with van der Waals surface area (Å²) in [5.74, 6) is -1.92. The maximum Gasteiger partial charge on any atom is 0.262 e. The molecule has 0 saturated carbocycles. The van der Waals surface area contributed by atoms with Crippen molar-refractivity contribution in [1.29, 1.82) is 0 Å². The lowest BCUT2D eigenvalue weighted by Gasteiger charge is -2.12. The summed E-state index contributed by atoms with van der Waals surface area (Å²) in [6, 6.07) is 13.0. The molecule has 3 rings (SSSR count). The Balaban J connectivity index is 1.65. The van der Waals surface area contributed by atoms with Gasteiger partial charge in [-0.3, -0.25) is 9.52 Å². The molecule has 10 heteroatoms. The Morgan fingerprint density at radius 2 is 1.74 bits per heavy atom. The number of aryl methyl sites for hydroxylation is 1. The molecule has 0 aliphatic rings. The Hall–Kier alpha value is -3.17. The third-order valence-electron chi connectivity index (χ3n) is 4.11. The van der Waals surface area contributed by atoms with Gasteiger partial charge in [0.2, 0.25) is 0 Å². The fraction of sp³-hybridized carbons (Fsp3) is 0.0952. The number of carbonyl (C=O) groups excluding carboxylic acids is 1. The molecule has 0 aromatic heterocycles. The van der Waals surface area contributed by atoms with Gasteiger partial charge in [0.25, 0.3) is 15.9 Å². The van der Waals surface area contributed by atoms with Crippen LogP contribution in [0.4, 0.5) is 20.2 Å². The van der Waals surface area contributed by atoms with Crippen LogP contribution in [0.25, 0.3) is 0 Å². The first-order valence-corrected chi connectivity index (χ1v) is 10.8. The second kappa shape index (κ2) is 9.32. The first-order chi connectivity index (χ1) is 14.6. The number of anilines is 2. The van der Waals surface area contributed by atoms with Gasteiger partial charge in [0.05, 0.1) is 10.6 Å². The highest BCUT2D eigenvalue weighted by molar-refractivity contribution is 7.92. The van der Waals surface area contributed by atoms with Crippen LogP contribution in [0.3, 0.4) is 0 Å². The molecule has 162 valence electrons. The zero-order chi connectivity index (χ0) is 22.6. The molecule has 0 unspecified atom stereocenters. The van der Waals surface area contributed by atoms with Crippen molar-refractivity contribution in [2.45, 2.75) is 11.8 Å². The Bertz CT molecular complexity index is 1220. The van der Waals surface area contributed by atoms with Crippen molar-refractivity contribution in [1.82, 2.24) is 0 Å². The van der Waals surface area contributed by atoms with E-state index < -0.39 is 34.2 Å². The molecule has 6 nitrogen and oxygen atoms in total. The number of rotatable bonds is 7. The van der Waals surface area contributed by atoms with Crippen LogP contribution in [0.5, 0.6) is 5.75 Å². The topological polar surface area (TPSA) is 84.5 Å². The normalized spacial score (nSPS) is 11.1. The number of ether oxygens (including phenoxy) is 1. The van der Waals surface area contributed by atoms with Gasteiger partial charge in [-0.25, -0.2) is 17.2 Å². The second-order valence-corrected chi connectivity index (χ2v) is 8.62. The summed E-state index contributed by atoms with van der Waals surface area (Å²) >= 11 is 5.80. The van der Waals surface area contributed by atoms with Gasteiger partial charge in [-0.2, -0.15) is 0 Å². The molecule has 0 fully saturated rings. The minimum Gasteiger partial charge on any atom is -0.483 e. The lowest BCUT2D eigenvalue weighted by Crippen LogP contribution is -2.21. The fourth-order valence-corrected chi connectivity index (χ4v) is 3.88. The van der Waals surface area contributed by atoms with Crippen molar-refractivity contribution >= 4 is 38.9 Å².